The van der Waals surface area contributed by atoms with E-state index in [1.54, 1.807) is 0 Å². The predicted octanol–water partition coefficient (Wildman–Crippen LogP) is 1.03. The first-order chi connectivity index (χ1) is 2.89. The van der Waals surface area contributed by atoms with Crippen molar-refractivity contribution in [3.05, 3.63) is 0 Å². The molecule has 0 N–H and O–H groups in total. The number of hydrogen-bond acceptors (Lipinski definition) is 2. The molecular formula is C3H5Cl2NO. The molecule has 2 nitrogen and oxygen atoms in total. The van der Waals surface area contributed by atoms with Gasteiger partial charge in [-0.25, -0.2) is 4.99 Å². The van der Waals surface area contributed by atoms with Crippen LogP contribution in [0.3, 0.4) is 0 Å². The lowest BCUT2D eigenvalue weighted by Gasteiger charge is -1.83. The quantitative estimate of drug-likeness (QED) is 0.495. The lowest BCUT2D eigenvalue weighted by atomic mass is 10.8. The molecule has 0 saturated heterocycles. The summed E-state index contributed by atoms with van der Waals surface area (Å²) in [5, 5.41) is 0.301. The van der Waals surface area contributed by atoms with Crippen LogP contribution < -0.4 is 0 Å². The molecule has 0 saturated carbocycles. The first-order valence-corrected chi connectivity index (χ1v) is 2.10. The van der Waals surface area contributed by atoms with E-state index in [0.29, 0.717) is 12.0 Å². The van der Waals surface area contributed by atoms with Crippen molar-refractivity contribution >= 4 is 29.4 Å². The molecule has 0 spiro atoms. The van der Waals surface area contributed by atoms with Crippen molar-refractivity contribution < 1.29 is 4.74 Å². The van der Waals surface area contributed by atoms with E-state index < -0.39 is 0 Å². The van der Waals surface area contributed by atoms with Gasteiger partial charge < -0.3 is 4.74 Å². The molecule has 1 heterocycles. The van der Waals surface area contributed by atoms with E-state index in [4.69, 9.17) is 11.6 Å². The monoisotopic (exact) mass is 141 g/mol. The fourth-order valence-electron chi connectivity index (χ4n) is 0.309. The average molecular weight is 142 g/mol. The molecule has 0 aromatic carbocycles. The molecule has 0 amide bonds. The minimum Gasteiger partial charge on any atom is -0.467 e. The molecule has 1 aliphatic heterocycles. The van der Waals surface area contributed by atoms with Gasteiger partial charge in [-0.2, -0.15) is 0 Å². The van der Waals surface area contributed by atoms with Crippen LogP contribution in [0, 0.1) is 0 Å². The molecule has 0 radical (unpaired) electrons. The van der Waals surface area contributed by atoms with Crippen molar-refractivity contribution in [1.82, 2.24) is 0 Å². The van der Waals surface area contributed by atoms with E-state index in [0.717, 1.165) is 6.54 Å². The lowest BCUT2D eigenvalue weighted by molar-refractivity contribution is 0.355. The van der Waals surface area contributed by atoms with Gasteiger partial charge in [0, 0.05) is 0 Å². The largest absolute Gasteiger partial charge is 0.467 e. The molecule has 0 fully saturated rings. The van der Waals surface area contributed by atoms with Gasteiger partial charge in [-0.1, -0.05) is 0 Å². The van der Waals surface area contributed by atoms with Gasteiger partial charge in [-0.3, -0.25) is 0 Å². The van der Waals surface area contributed by atoms with Crippen LogP contribution in [0.15, 0.2) is 4.99 Å². The third kappa shape index (κ3) is 2.00. The van der Waals surface area contributed by atoms with E-state index in [2.05, 4.69) is 9.73 Å². The van der Waals surface area contributed by atoms with Gasteiger partial charge in [0.15, 0.2) is 0 Å². The summed E-state index contributed by atoms with van der Waals surface area (Å²) in [6, 6.07) is 0. The second-order valence-electron chi connectivity index (χ2n) is 0.983. The molecule has 0 atom stereocenters. The van der Waals surface area contributed by atoms with Gasteiger partial charge in [0.2, 0.25) is 0 Å². The van der Waals surface area contributed by atoms with Gasteiger partial charge in [0.05, 0.1) is 6.54 Å². The van der Waals surface area contributed by atoms with Crippen LogP contribution >= 0.6 is 24.0 Å². The summed E-state index contributed by atoms with van der Waals surface area (Å²) in [5.74, 6) is 0. The molecule has 1 rings (SSSR count). The molecule has 0 bridgehead atoms. The van der Waals surface area contributed by atoms with Crippen molar-refractivity contribution in [1.29, 1.82) is 0 Å². The Balaban J connectivity index is 0.000000360. The minimum atomic E-state index is 0. The second kappa shape index (κ2) is 3.10. The van der Waals surface area contributed by atoms with Crippen LogP contribution in [0.1, 0.15) is 0 Å². The fraction of sp³-hybridized carbons (Fsp3) is 0.667. The Morgan fingerprint density at radius 1 is 1.71 bits per heavy atom. The highest BCUT2D eigenvalue weighted by Crippen LogP contribution is 1.95. The topological polar surface area (TPSA) is 21.6 Å². The number of ether oxygens (including phenoxy) is 1. The highest BCUT2D eigenvalue weighted by molar-refractivity contribution is 6.63. The van der Waals surface area contributed by atoms with Crippen LogP contribution in [-0.2, 0) is 4.74 Å². The Kier molecular flexibility index (Phi) is 3.13. The van der Waals surface area contributed by atoms with Crippen molar-refractivity contribution in [2.45, 2.75) is 0 Å². The normalized spacial score (nSPS) is 17.0. The summed E-state index contributed by atoms with van der Waals surface area (Å²) in [4.78, 5) is 3.70. The highest BCUT2D eigenvalue weighted by atomic mass is 35.5. The Hall–Kier alpha value is 0.0500. The van der Waals surface area contributed by atoms with Crippen LogP contribution in [0.5, 0.6) is 0 Å². The Bertz CT molecular complexity index is 83.0. The summed E-state index contributed by atoms with van der Waals surface area (Å²) in [6.07, 6.45) is 0. The molecule has 42 valence electrons. The maximum Gasteiger partial charge on any atom is 0.282 e. The Labute approximate surface area is 52.9 Å². The number of nitrogens with zero attached hydrogens (tertiary/aromatic N) is 1. The Morgan fingerprint density at radius 2 is 2.43 bits per heavy atom. The lowest BCUT2D eigenvalue weighted by Crippen LogP contribution is -1.86. The molecule has 0 unspecified atom stereocenters. The maximum atomic E-state index is 5.24. The first-order valence-electron chi connectivity index (χ1n) is 1.72. The van der Waals surface area contributed by atoms with Gasteiger partial charge in [0.25, 0.3) is 5.36 Å². The predicted molar refractivity (Wildman–Crippen MR) is 31.4 cm³/mol. The first kappa shape index (κ1) is 7.05. The molecule has 7 heavy (non-hydrogen) atoms. The molecular weight excluding hydrogens is 137 g/mol. The fourth-order valence-corrected chi connectivity index (χ4v) is 0.471. The molecule has 4 heteroatoms. The van der Waals surface area contributed by atoms with E-state index in [1.807, 2.05) is 0 Å². The summed E-state index contributed by atoms with van der Waals surface area (Å²) in [7, 11) is 0. The number of halogens is 2. The van der Waals surface area contributed by atoms with Gasteiger partial charge >= 0.3 is 0 Å². The molecule has 0 aromatic rings. The van der Waals surface area contributed by atoms with Gasteiger partial charge in [0.1, 0.15) is 6.61 Å². The zero-order valence-electron chi connectivity index (χ0n) is 3.56. The van der Waals surface area contributed by atoms with E-state index >= 15 is 0 Å². The van der Waals surface area contributed by atoms with Crippen LogP contribution in [0.2, 0.25) is 0 Å². The van der Waals surface area contributed by atoms with Gasteiger partial charge in [-0.15, -0.1) is 12.4 Å². The molecule has 1 aliphatic rings. The zero-order chi connectivity index (χ0) is 4.41. The molecule has 0 aromatic heterocycles. The highest BCUT2D eigenvalue weighted by Gasteiger charge is 1.99. The number of rotatable bonds is 0. The standard InChI is InChI=1S/C3H4ClNO.ClH/c4-3-5-1-2-6-3;/h1-2H2;1H. The summed E-state index contributed by atoms with van der Waals surface area (Å²) < 4.78 is 4.67. The third-order valence-corrected chi connectivity index (χ3v) is 0.777. The summed E-state index contributed by atoms with van der Waals surface area (Å²) >= 11 is 5.24. The second-order valence-corrected chi connectivity index (χ2v) is 1.31. The van der Waals surface area contributed by atoms with E-state index in [-0.39, 0.29) is 12.4 Å². The van der Waals surface area contributed by atoms with Crippen molar-refractivity contribution in [3.63, 3.8) is 0 Å². The third-order valence-electron chi connectivity index (χ3n) is 0.549. The summed E-state index contributed by atoms with van der Waals surface area (Å²) in [5.41, 5.74) is 0. The Morgan fingerprint density at radius 3 is 2.57 bits per heavy atom. The van der Waals surface area contributed by atoms with E-state index in [1.165, 1.54) is 0 Å². The zero-order valence-corrected chi connectivity index (χ0v) is 5.13. The smallest absolute Gasteiger partial charge is 0.282 e. The molecule has 0 aliphatic carbocycles. The summed E-state index contributed by atoms with van der Waals surface area (Å²) in [6.45, 7) is 1.37. The SMILES string of the molecule is Cl.ClC1=NCCO1. The minimum absolute atomic E-state index is 0. The van der Waals surface area contributed by atoms with Crippen molar-refractivity contribution in [2.24, 2.45) is 4.99 Å². The maximum absolute atomic E-state index is 5.24. The average Bonchev–Trinajstić information content (AvgIpc) is 1.86. The number of aliphatic imine (C=N–C) groups is 1. The number of hydrogen-bond donors (Lipinski definition) is 0. The van der Waals surface area contributed by atoms with Crippen LogP contribution in [0.25, 0.3) is 0 Å². The van der Waals surface area contributed by atoms with Crippen LogP contribution in [-0.4, -0.2) is 18.5 Å². The van der Waals surface area contributed by atoms with Crippen molar-refractivity contribution in [2.75, 3.05) is 13.2 Å². The van der Waals surface area contributed by atoms with Gasteiger partial charge in [-0.05, 0) is 11.6 Å². The van der Waals surface area contributed by atoms with Crippen LogP contribution in [0.4, 0.5) is 0 Å². The van der Waals surface area contributed by atoms with Crippen molar-refractivity contribution in [3.8, 4) is 0 Å². The van der Waals surface area contributed by atoms with E-state index in [9.17, 15) is 0 Å².